The molecular weight excluding hydrogens is 422 g/mol. The van der Waals surface area contributed by atoms with Crippen LogP contribution in [0.15, 0.2) is 24.3 Å². The van der Waals surface area contributed by atoms with Gasteiger partial charge in [0, 0.05) is 25.8 Å². The maximum Gasteiger partial charge on any atom is 0.308 e. The van der Waals surface area contributed by atoms with E-state index in [-0.39, 0.29) is 17.4 Å². The fraction of sp³-hybridized carbons (Fsp3) is 0.524. The van der Waals surface area contributed by atoms with Gasteiger partial charge in [0.2, 0.25) is 5.91 Å². The highest BCUT2D eigenvalue weighted by atomic mass is 32.1. The lowest BCUT2D eigenvalue weighted by Gasteiger charge is -2.36. The number of hydrogen-bond donors (Lipinski definition) is 2. The van der Waals surface area contributed by atoms with Gasteiger partial charge in [0.25, 0.3) is 5.91 Å². The number of methoxy groups -OCH3 is 1. The van der Waals surface area contributed by atoms with Crippen molar-refractivity contribution in [3.8, 4) is 5.75 Å². The Bertz CT molecular complexity index is 771. The Balaban J connectivity index is 1.95. The highest BCUT2D eigenvalue weighted by molar-refractivity contribution is 7.80. The highest BCUT2D eigenvalue weighted by Gasteiger charge is 2.34. The molecule has 1 saturated heterocycles. The van der Waals surface area contributed by atoms with E-state index in [1.807, 2.05) is 6.92 Å². The minimum Gasteiger partial charge on any atom is -0.491 e. The van der Waals surface area contributed by atoms with Crippen LogP contribution in [0.3, 0.4) is 0 Å². The third-order valence-corrected chi connectivity index (χ3v) is 4.94. The molecular formula is C21H29N3O6S. The second-order valence-corrected chi connectivity index (χ2v) is 7.29. The summed E-state index contributed by atoms with van der Waals surface area (Å²) in [5, 5.41) is 5.45. The van der Waals surface area contributed by atoms with Gasteiger partial charge in [0.1, 0.15) is 18.4 Å². The van der Waals surface area contributed by atoms with Crippen molar-refractivity contribution in [2.24, 2.45) is 0 Å². The summed E-state index contributed by atoms with van der Waals surface area (Å²) in [5.41, 5.74) is 0.387. The molecule has 170 valence electrons. The summed E-state index contributed by atoms with van der Waals surface area (Å²) in [7, 11) is 1.59. The van der Waals surface area contributed by atoms with E-state index in [9.17, 15) is 14.4 Å². The zero-order chi connectivity index (χ0) is 22.6. The lowest BCUT2D eigenvalue weighted by atomic mass is 10.1. The average Bonchev–Trinajstić information content (AvgIpc) is 2.76. The van der Waals surface area contributed by atoms with Gasteiger partial charge in [-0.05, 0) is 42.9 Å². The van der Waals surface area contributed by atoms with Crippen LogP contribution in [0, 0.1) is 0 Å². The third kappa shape index (κ3) is 7.80. The van der Waals surface area contributed by atoms with Gasteiger partial charge in [0.05, 0.1) is 19.6 Å². The standard InChI is InChI=1S/C21H29N3O6S/c1-3-4-11-30-18(25)14-17-20(27)22-9-10-24(17)21(31)23-19(26)15-5-7-16(8-6-15)29-13-12-28-2/h5-8,17H,3-4,9-14H2,1-2H3,(H,22,27)(H,23,26,31). The van der Waals surface area contributed by atoms with E-state index in [1.54, 1.807) is 36.3 Å². The second kappa shape index (κ2) is 12.9. The lowest BCUT2D eigenvalue weighted by molar-refractivity contribution is -0.147. The van der Waals surface area contributed by atoms with Crippen molar-refractivity contribution in [2.75, 3.05) is 40.0 Å². The van der Waals surface area contributed by atoms with Crippen LogP contribution in [0.1, 0.15) is 36.5 Å². The van der Waals surface area contributed by atoms with Crippen molar-refractivity contribution < 1.29 is 28.6 Å². The minimum atomic E-state index is -0.827. The molecule has 1 fully saturated rings. The summed E-state index contributed by atoms with van der Waals surface area (Å²) >= 11 is 5.36. The first-order valence-electron chi connectivity index (χ1n) is 10.2. The molecule has 1 heterocycles. The SMILES string of the molecule is CCCCOC(=O)CC1C(=O)NCCN1C(=S)NC(=O)c1ccc(OCCOC)cc1. The van der Waals surface area contributed by atoms with E-state index in [2.05, 4.69) is 10.6 Å². The number of benzene rings is 1. The summed E-state index contributed by atoms with van der Waals surface area (Å²) in [6, 6.07) is 5.76. The number of unbranched alkanes of at least 4 members (excludes halogenated alkanes) is 1. The summed E-state index contributed by atoms with van der Waals surface area (Å²) in [4.78, 5) is 38.5. The normalized spacial score (nSPS) is 15.7. The monoisotopic (exact) mass is 451 g/mol. The second-order valence-electron chi connectivity index (χ2n) is 6.90. The number of hydrogen-bond acceptors (Lipinski definition) is 7. The minimum absolute atomic E-state index is 0.0895. The zero-order valence-electron chi connectivity index (χ0n) is 17.8. The number of piperazine rings is 1. The fourth-order valence-electron chi connectivity index (χ4n) is 2.89. The molecule has 10 heteroatoms. The molecule has 31 heavy (non-hydrogen) atoms. The topological polar surface area (TPSA) is 106 Å². The molecule has 1 atom stereocenters. The fourth-order valence-corrected chi connectivity index (χ4v) is 3.21. The predicted molar refractivity (Wildman–Crippen MR) is 118 cm³/mol. The van der Waals surface area contributed by atoms with Crippen LogP contribution >= 0.6 is 12.2 Å². The number of esters is 1. The first-order valence-corrected chi connectivity index (χ1v) is 10.6. The number of rotatable bonds is 10. The quantitative estimate of drug-likeness (QED) is 0.311. The van der Waals surface area contributed by atoms with Gasteiger partial charge in [-0.3, -0.25) is 19.7 Å². The zero-order valence-corrected chi connectivity index (χ0v) is 18.7. The van der Waals surface area contributed by atoms with Crippen molar-refractivity contribution in [3.63, 3.8) is 0 Å². The van der Waals surface area contributed by atoms with Crippen molar-refractivity contribution in [1.29, 1.82) is 0 Å². The molecule has 0 bridgehead atoms. The van der Waals surface area contributed by atoms with Gasteiger partial charge in [-0.1, -0.05) is 13.3 Å². The van der Waals surface area contributed by atoms with Gasteiger partial charge in [-0.15, -0.1) is 0 Å². The van der Waals surface area contributed by atoms with E-state index in [4.69, 9.17) is 26.4 Å². The molecule has 9 nitrogen and oxygen atoms in total. The summed E-state index contributed by atoms with van der Waals surface area (Å²) in [5.74, 6) is -0.597. The highest BCUT2D eigenvalue weighted by Crippen LogP contribution is 2.14. The Kier molecular flexibility index (Phi) is 10.2. The molecule has 1 aliphatic heterocycles. The summed E-state index contributed by atoms with van der Waals surface area (Å²) < 4.78 is 15.6. The van der Waals surface area contributed by atoms with Crippen LogP contribution in [0.4, 0.5) is 0 Å². The van der Waals surface area contributed by atoms with Gasteiger partial charge < -0.3 is 24.4 Å². The maximum absolute atomic E-state index is 12.6. The van der Waals surface area contributed by atoms with E-state index in [0.717, 1.165) is 12.8 Å². The van der Waals surface area contributed by atoms with E-state index in [0.29, 0.717) is 44.2 Å². The molecule has 0 spiro atoms. The smallest absolute Gasteiger partial charge is 0.308 e. The van der Waals surface area contributed by atoms with Crippen molar-refractivity contribution in [1.82, 2.24) is 15.5 Å². The van der Waals surface area contributed by atoms with Crippen LogP contribution in [-0.2, 0) is 19.1 Å². The third-order valence-electron chi connectivity index (χ3n) is 4.61. The largest absolute Gasteiger partial charge is 0.491 e. The van der Waals surface area contributed by atoms with Crippen molar-refractivity contribution >= 4 is 35.1 Å². The molecule has 1 aliphatic rings. The van der Waals surface area contributed by atoms with Gasteiger partial charge in [0.15, 0.2) is 5.11 Å². The van der Waals surface area contributed by atoms with Crippen LogP contribution < -0.4 is 15.4 Å². The molecule has 1 aromatic rings. The number of ether oxygens (including phenoxy) is 3. The van der Waals surface area contributed by atoms with E-state index in [1.165, 1.54) is 0 Å². The molecule has 0 aliphatic carbocycles. The lowest BCUT2D eigenvalue weighted by Crippen LogP contribution is -2.60. The Morgan fingerprint density at radius 3 is 2.65 bits per heavy atom. The molecule has 2 N–H and O–H groups in total. The number of nitrogens with one attached hydrogen (secondary N) is 2. The molecule has 1 aromatic carbocycles. The van der Waals surface area contributed by atoms with Crippen molar-refractivity contribution in [2.45, 2.75) is 32.2 Å². The first-order chi connectivity index (χ1) is 15.0. The van der Waals surface area contributed by atoms with Gasteiger partial charge in [-0.25, -0.2) is 0 Å². The number of carbonyl (C=O) groups is 3. The van der Waals surface area contributed by atoms with Gasteiger partial charge >= 0.3 is 5.97 Å². The first kappa shape index (κ1) is 24.5. The number of carbonyl (C=O) groups excluding carboxylic acids is 3. The molecule has 0 aromatic heterocycles. The van der Waals surface area contributed by atoms with Crippen LogP contribution in [0.2, 0.25) is 0 Å². The van der Waals surface area contributed by atoms with Gasteiger partial charge in [-0.2, -0.15) is 0 Å². The van der Waals surface area contributed by atoms with Crippen LogP contribution in [-0.4, -0.2) is 73.9 Å². The Morgan fingerprint density at radius 1 is 1.23 bits per heavy atom. The molecule has 2 rings (SSSR count). The van der Waals surface area contributed by atoms with E-state index < -0.39 is 17.9 Å². The van der Waals surface area contributed by atoms with Crippen molar-refractivity contribution in [3.05, 3.63) is 29.8 Å². The Labute approximate surface area is 187 Å². The number of amides is 2. The van der Waals surface area contributed by atoms with E-state index >= 15 is 0 Å². The number of thiocarbonyl (C=S) groups is 1. The predicted octanol–water partition coefficient (Wildman–Crippen LogP) is 1.26. The number of nitrogens with zero attached hydrogens (tertiary/aromatic N) is 1. The molecule has 0 saturated carbocycles. The molecule has 1 unspecified atom stereocenters. The summed E-state index contributed by atoms with van der Waals surface area (Å²) in [6.07, 6.45) is 1.52. The molecule has 2 amide bonds. The van der Waals surface area contributed by atoms with Crippen LogP contribution in [0.25, 0.3) is 0 Å². The Morgan fingerprint density at radius 2 is 1.97 bits per heavy atom. The Hall–Kier alpha value is -2.72. The molecule has 0 radical (unpaired) electrons. The average molecular weight is 452 g/mol. The van der Waals surface area contributed by atoms with Crippen LogP contribution in [0.5, 0.6) is 5.75 Å². The maximum atomic E-state index is 12.6. The summed E-state index contributed by atoms with van der Waals surface area (Å²) in [6.45, 7) is 3.93.